The normalized spacial score (nSPS) is 14.4. The van der Waals surface area contributed by atoms with E-state index in [9.17, 15) is 9.59 Å². The molecule has 5 rings (SSSR count). The quantitative estimate of drug-likeness (QED) is 0.339. The van der Waals surface area contributed by atoms with Crippen molar-refractivity contribution in [3.63, 3.8) is 0 Å². The van der Waals surface area contributed by atoms with Gasteiger partial charge in [-0.05, 0) is 49.4 Å². The third-order valence-corrected chi connectivity index (χ3v) is 6.87. The van der Waals surface area contributed by atoms with Crippen molar-refractivity contribution >= 4 is 22.6 Å². The molecule has 1 aliphatic heterocycles. The number of Topliss-reactive ketones (excluding diaryl/α,β-unsaturated/α-hetero) is 1. The van der Waals surface area contributed by atoms with E-state index in [1.807, 2.05) is 53.4 Å². The van der Waals surface area contributed by atoms with Crippen LogP contribution in [0.4, 0.5) is 0 Å². The zero-order valence-electron chi connectivity index (χ0n) is 20.1. The van der Waals surface area contributed by atoms with Crippen LogP contribution in [-0.2, 0) is 6.42 Å². The van der Waals surface area contributed by atoms with Crippen molar-refractivity contribution in [1.29, 1.82) is 0 Å². The summed E-state index contributed by atoms with van der Waals surface area (Å²) in [6.45, 7) is 4.40. The molecule has 5 heteroatoms. The first-order valence-electron chi connectivity index (χ1n) is 12.4. The first-order chi connectivity index (χ1) is 17.1. The molecule has 0 saturated carbocycles. The fourth-order valence-electron chi connectivity index (χ4n) is 4.84. The minimum absolute atomic E-state index is 0.0185. The van der Waals surface area contributed by atoms with Crippen LogP contribution in [-0.4, -0.2) is 41.2 Å². The number of H-pyrrole nitrogens is 1. The molecule has 0 aliphatic carbocycles. The molecular weight excluding hydrogens is 434 g/mol. The minimum atomic E-state index is -0.452. The molecule has 35 heavy (non-hydrogen) atoms. The van der Waals surface area contributed by atoms with Gasteiger partial charge in [-0.25, -0.2) is 0 Å². The summed E-state index contributed by atoms with van der Waals surface area (Å²) in [6.07, 6.45) is 4.74. The van der Waals surface area contributed by atoms with Gasteiger partial charge in [0, 0.05) is 47.9 Å². The van der Waals surface area contributed by atoms with Crippen LogP contribution in [0.15, 0.2) is 79.0 Å². The number of aryl methyl sites for hydroxylation is 1. The molecule has 1 saturated heterocycles. The number of aromatic amines is 1. The number of benzene rings is 3. The van der Waals surface area contributed by atoms with E-state index in [0.29, 0.717) is 17.7 Å². The maximum atomic E-state index is 13.8. The molecular formula is C30H31N3O2. The Morgan fingerprint density at radius 3 is 2.46 bits per heavy atom. The molecule has 0 spiro atoms. The molecule has 178 valence electrons. The Bertz CT molecular complexity index is 1320. The van der Waals surface area contributed by atoms with Crippen LogP contribution < -0.4 is 5.32 Å². The molecule has 1 atom stereocenters. The van der Waals surface area contributed by atoms with Gasteiger partial charge in [0.2, 0.25) is 0 Å². The van der Waals surface area contributed by atoms with Crippen molar-refractivity contribution in [2.24, 2.45) is 0 Å². The van der Waals surface area contributed by atoms with Crippen LogP contribution in [0.25, 0.3) is 10.9 Å². The number of carbonyl (C=O) groups excluding carboxylic acids is 2. The summed E-state index contributed by atoms with van der Waals surface area (Å²) < 4.78 is 0. The Morgan fingerprint density at radius 1 is 0.971 bits per heavy atom. The summed E-state index contributed by atoms with van der Waals surface area (Å²) >= 11 is 0. The lowest BCUT2D eigenvalue weighted by molar-refractivity contribution is 0.0792. The van der Waals surface area contributed by atoms with E-state index < -0.39 is 6.04 Å². The summed E-state index contributed by atoms with van der Waals surface area (Å²) in [5, 5.41) is 4.34. The number of nitrogens with one attached hydrogen (secondary N) is 2. The summed E-state index contributed by atoms with van der Waals surface area (Å²) in [5.74, 6) is 0.0804. The second kappa shape index (κ2) is 10.3. The Labute approximate surface area is 206 Å². The van der Waals surface area contributed by atoms with Gasteiger partial charge in [0.25, 0.3) is 5.91 Å². The van der Waals surface area contributed by atoms with Crippen molar-refractivity contribution in [2.75, 3.05) is 19.6 Å². The summed E-state index contributed by atoms with van der Waals surface area (Å²) in [5.41, 5.74) is 5.53. The molecule has 0 bridgehead atoms. The smallest absolute Gasteiger partial charge is 0.253 e. The van der Waals surface area contributed by atoms with Gasteiger partial charge < -0.3 is 15.2 Å². The van der Waals surface area contributed by atoms with E-state index in [0.717, 1.165) is 48.8 Å². The van der Waals surface area contributed by atoms with Gasteiger partial charge >= 0.3 is 0 Å². The lowest BCUT2D eigenvalue weighted by atomic mass is 9.96. The van der Waals surface area contributed by atoms with Gasteiger partial charge in [-0.1, -0.05) is 66.2 Å². The lowest BCUT2D eigenvalue weighted by Crippen LogP contribution is -2.30. The maximum Gasteiger partial charge on any atom is 0.253 e. The number of hydrogen-bond donors (Lipinski definition) is 2. The van der Waals surface area contributed by atoms with Crippen molar-refractivity contribution < 1.29 is 9.59 Å². The number of carbonyl (C=O) groups is 2. The van der Waals surface area contributed by atoms with Crippen LogP contribution in [0.1, 0.15) is 56.3 Å². The fourth-order valence-corrected chi connectivity index (χ4v) is 4.84. The zero-order valence-corrected chi connectivity index (χ0v) is 20.1. The van der Waals surface area contributed by atoms with Gasteiger partial charge in [0.05, 0.1) is 6.04 Å². The molecule has 1 aliphatic rings. The zero-order chi connectivity index (χ0) is 24.2. The van der Waals surface area contributed by atoms with Crippen LogP contribution >= 0.6 is 0 Å². The minimum Gasteiger partial charge on any atom is -0.360 e. The van der Waals surface area contributed by atoms with Crippen molar-refractivity contribution in [1.82, 2.24) is 15.2 Å². The SMILES string of the molecule is Cc1ccc(CCN[C@@H](C(=O)c2c[nH]c3cc(C(=O)N4CCCC4)ccc23)c2ccccc2)cc1. The number of likely N-dealkylation sites (tertiary alicyclic amines) is 1. The predicted octanol–water partition coefficient (Wildman–Crippen LogP) is 5.47. The van der Waals surface area contributed by atoms with E-state index in [-0.39, 0.29) is 11.7 Å². The third kappa shape index (κ3) is 5.05. The Kier molecular flexibility index (Phi) is 6.77. The first kappa shape index (κ1) is 23.1. The highest BCUT2D eigenvalue weighted by Gasteiger charge is 2.25. The standard InChI is InChI=1S/C30H31N3O2/c1-21-9-11-22(12-10-21)15-16-31-28(23-7-3-2-4-8-23)29(34)26-20-32-27-19-24(13-14-25(26)27)30(35)33-17-5-6-18-33/h2-4,7-14,19-20,28,31-32H,5-6,15-18H2,1H3/t28-/m1/s1. The van der Waals surface area contributed by atoms with E-state index in [1.165, 1.54) is 11.1 Å². The van der Waals surface area contributed by atoms with Crippen molar-refractivity contribution in [2.45, 2.75) is 32.2 Å². The Balaban J connectivity index is 1.37. The number of amides is 1. The highest BCUT2D eigenvalue weighted by atomic mass is 16.2. The van der Waals surface area contributed by atoms with Crippen LogP contribution in [0.2, 0.25) is 0 Å². The van der Waals surface area contributed by atoms with Gasteiger partial charge in [-0.15, -0.1) is 0 Å². The number of nitrogens with zero attached hydrogens (tertiary/aromatic N) is 1. The molecule has 1 fully saturated rings. The number of ketones is 1. The molecule has 1 amide bonds. The largest absolute Gasteiger partial charge is 0.360 e. The van der Waals surface area contributed by atoms with E-state index >= 15 is 0 Å². The molecule has 0 radical (unpaired) electrons. The molecule has 1 aromatic heterocycles. The lowest BCUT2D eigenvalue weighted by Gasteiger charge is -2.18. The van der Waals surface area contributed by atoms with E-state index in [2.05, 4.69) is 41.5 Å². The molecule has 0 unspecified atom stereocenters. The average molecular weight is 466 g/mol. The Morgan fingerprint density at radius 2 is 1.71 bits per heavy atom. The summed E-state index contributed by atoms with van der Waals surface area (Å²) in [4.78, 5) is 31.7. The number of rotatable bonds is 8. The van der Waals surface area contributed by atoms with Crippen LogP contribution in [0, 0.1) is 6.92 Å². The van der Waals surface area contributed by atoms with E-state index in [1.54, 1.807) is 6.20 Å². The molecule has 5 nitrogen and oxygen atoms in total. The van der Waals surface area contributed by atoms with Crippen LogP contribution in [0.5, 0.6) is 0 Å². The number of fused-ring (bicyclic) bond motifs is 1. The monoisotopic (exact) mass is 465 g/mol. The molecule has 2 N–H and O–H groups in total. The number of aromatic nitrogens is 1. The fraction of sp³-hybridized carbons (Fsp3) is 0.267. The van der Waals surface area contributed by atoms with Gasteiger partial charge in [0.15, 0.2) is 5.78 Å². The topological polar surface area (TPSA) is 65.2 Å². The van der Waals surface area contributed by atoms with Gasteiger partial charge in [-0.3, -0.25) is 9.59 Å². The van der Waals surface area contributed by atoms with Gasteiger partial charge in [-0.2, -0.15) is 0 Å². The molecule has 2 heterocycles. The predicted molar refractivity (Wildman–Crippen MR) is 140 cm³/mol. The van der Waals surface area contributed by atoms with Crippen molar-refractivity contribution in [3.05, 3.63) is 107 Å². The summed E-state index contributed by atoms with van der Waals surface area (Å²) in [7, 11) is 0. The molecule has 3 aromatic carbocycles. The second-order valence-corrected chi connectivity index (χ2v) is 9.36. The first-order valence-corrected chi connectivity index (χ1v) is 12.4. The van der Waals surface area contributed by atoms with Crippen LogP contribution in [0.3, 0.4) is 0 Å². The number of hydrogen-bond acceptors (Lipinski definition) is 3. The Hall–Kier alpha value is -3.70. The highest BCUT2D eigenvalue weighted by Crippen LogP contribution is 2.26. The maximum absolute atomic E-state index is 13.8. The average Bonchev–Trinajstić information content (AvgIpc) is 3.58. The highest BCUT2D eigenvalue weighted by molar-refractivity contribution is 6.11. The van der Waals surface area contributed by atoms with Crippen molar-refractivity contribution in [3.8, 4) is 0 Å². The third-order valence-electron chi connectivity index (χ3n) is 6.87. The van der Waals surface area contributed by atoms with E-state index in [4.69, 9.17) is 0 Å². The second-order valence-electron chi connectivity index (χ2n) is 9.36. The van der Waals surface area contributed by atoms with Gasteiger partial charge in [0.1, 0.15) is 0 Å². The summed E-state index contributed by atoms with van der Waals surface area (Å²) in [6, 6.07) is 23.5. The molecule has 4 aromatic rings.